The SMILES string of the molecule is CC(C)C1c2cc(CO)ccc2C(C)(C)CC1O. The first-order valence-corrected chi connectivity index (χ1v) is 6.79. The number of aliphatic hydroxyl groups excluding tert-OH is 2. The van der Waals surface area contributed by atoms with Crippen molar-refractivity contribution in [3.63, 3.8) is 0 Å². The molecule has 0 amide bonds. The summed E-state index contributed by atoms with van der Waals surface area (Å²) in [6.07, 6.45) is 0.517. The predicted octanol–water partition coefficient (Wildman–Crippen LogP) is 2.96. The third-order valence-corrected chi connectivity index (χ3v) is 4.24. The van der Waals surface area contributed by atoms with Crippen molar-refractivity contribution in [3.05, 3.63) is 34.9 Å². The Hall–Kier alpha value is -0.860. The van der Waals surface area contributed by atoms with E-state index < -0.39 is 0 Å². The second-order valence-corrected chi connectivity index (χ2v) is 6.50. The first-order chi connectivity index (χ1) is 8.36. The molecule has 0 heterocycles. The summed E-state index contributed by atoms with van der Waals surface area (Å²) in [6, 6.07) is 6.20. The molecule has 2 heteroatoms. The lowest BCUT2D eigenvalue weighted by Gasteiger charge is -2.42. The number of fused-ring (bicyclic) bond motifs is 1. The molecule has 1 aliphatic rings. The molecule has 2 N–H and O–H groups in total. The van der Waals surface area contributed by atoms with Crippen molar-refractivity contribution in [3.8, 4) is 0 Å². The van der Waals surface area contributed by atoms with Crippen LogP contribution >= 0.6 is 0 Å². The molecule has 1 aromatic carbocycles. The number of aliphatic hydroxyl groups is 2. The Morgan fingerprint density at radius 2 is 2.00 bits per heavy atom. The van der Waals surface area contributed by atoms with Crippen molar-refractivity contribution in [2.75, 3.05) is 0 Å². The number of hydrogen-bond acceptors (Lipinski definition) is 2. The molecule has 2 unspecified atom stereocenters. The van der Waals surface area contributed by atoms with Crippen molar-refractivity contribution in [2.24, 2.45) is 5.92 Å². The second-order valence-electron chi connectivity index (χ2n) is 6.50. The molecule has 0 fully saturated rings. The highest BCUT2D eigenvalue weighted by atomic mass is 16.3. The van der Waals surface area contributed by atoms with Crippen LogP contribution in [0.15, 0.2) is 18.2 Å². The highest BCUT2D eigenvalue weighted by molar-refractivity contribution is 5.42. The molecule has 0 aliphatic heterocycles. The van der Waals surface area contributed by atoms with Gasteiger partial charge in [0.15, 0.2) is 0 Å². The lowest BCUT2D eigenvalue weighted by molar-refractivity contribution is 0.0799. The summed E-state index contributed by atoms with van der Waals surface area (Å²) in [5.41, 5.74) is 3.49. The molecule has 0 radical (unpaired) electrons. The lowest BCUT2D eigenvalue weighted by atomic mass is 9.64. The number of rotatable bonds is 2. The fraction of sp³-hybridized carbons (Fsp3) is 0.625. The fourth-order valence-electron chi connectivity index (χ4n) is 3.37. The molecule has 1 aliphatic carbocycles. The van der Waals surface area contributed by atoms with Gasteiger partial charge in [0, 0.05) is 5.92 Å². The van der Waals surface area contributed by atoms with Gasteiger partial charge in [0.1, 0.15) is 0 Å². The smallest absolute Gasteiger partial charge is 0.0681 e. The average molecular weight is 248 g/mol. The zero-order valence-corrected chi connectivity index (χ0v) is 11.8. The minimum absolute atomic E-state index is 0.00806. The van der Waals surface area contributed by atoms with Crippen LogP contribution in [0.1, 0.15) is 56.7 Å². The average Bonchev–Trinajstić information content (AvgIpc) is 2.26. The molecule has 1 aromatic rings. The van der Waals surface area contributed by atoms with E-state index >= 15 is 0 Å². The van der Waals surface area contributed by atoms with Crippen molar-refractivity contribution in [1.82, 2.24) is 0 Å². The Labute approximate surface area is 110 Å². The van der Waals surface area contributed by atoms with Crippen LogP contribution in [0.2, 0.25) is 0 Å². The molecule has 0 saturated heterocycles. The molecule has 18 heavy (non-hydrogen) atoms. The van der Waals surface area contributed by atoms with Crippen LogP contribution in [0.4, 0.5) is 0 Å². The van der Waals surface area contributed by atoms with E-state index in [9.17, 15) is 10.2 Å². The minimum Gasteiger partial charge on any atom is -0.392 e. The van der Waals surface area contributed by atoms with Crippen LogP contribution in [0.3, 0.4) is 0 Å². The summed E-state index contributed by atoms with van der Waals surface area (Å²) in [4.78, 5) is 0. The first kappa shape index (κ1) is 13.6. The van der Waals surface area contributed by atoms with E-state index in [1.165, 1.54) is 11.1 Å². The monoisotopic (exact) mass is 248 g/mol. The third-order valence-electron chi connectivity index (χ3n) is 4.24. The Balaban J connectivity index is 2.58. The summed E-state index contributed by atoms with van der Waals surface area (Å²) in [7, 11) is 0. The minimum atomic E-state index is -0.290. The molecule has 0 bridgehead atoms. The first-order valence-electron chi connectivity index (χ1n) is 6.79. The van der Waals surface area contributed by atoms with E-state index in [0.717, 1.165) is 12.0 Å². The number of hydrogen-bond donors (Lipinski definition) is 2. The van der Waals surface area contributed by atoms with Gasteiger partial charge in [-0.15, -0.1) is 0 Å². The molecular formula is C16H24O2. The largest absolute Gasteiger partial charge is 0.392 e. The van der Waals surface area contributed by atoms with Gasteiger partial charge in [0.25, 0.3) is 0 Å². The Kier molecular flexibility index (Phi) is 3.52. The molecule has 2 atom stereocenters. The van der Waals surface area contributed by atoms with E-state index in [2.05, 4.69) is 39.8 Å². The van der Waals surface area contributed by atoms with Crippen LogP contribution in [-0.2, 0) is 12.0 Å². The van der Waals surface area contributed by atoms with Crippen LogP contribution in [0.5, 0.6) is 0 Å². The molecule has 0 aromatic heterocycles. The third kappa shape index (κ3) is 2.19. The van der Waals surface area contributed by atoms with Crippen LogP contribution < -0.4 is 0 Å². The van der Waals surface area contributed by atoms with Crippen molar-refractivity contribution in [2.45, 2.75) is 58.2 Å². The Morgan fingerprint density at radius 1 is 1.33 bits per heavy atom. The molecular weight excluding hydrogens is 224 g/mol. The molecule has 2 rings (SSSR count). The normalized spacial score (nSPS) is 26.2. The Bertz CT molecular complexity index is 435. The van der Waals surface area contributed by atoms with Gasteiger partial charge in [0.2, 0.25) is 0 Å². The summed E-state index contributed by atoms with van der Waals surface area (Å²) in [6.45, 7) is 8.74. The predicted molar refractivity (Wildman–Crippen MR) is 73.6 cm³/mol. The maximum Gasteiger partial charge on any atom is 0.0681 e. The van der Waals surface area contributed by atoms with Gasteiger partial charge in [-0.2, -0.15) is 0 Å². The van der Waals surface area contributed by atoms with Gasteiger partial charge in [0.05, 0.1) is 12.7 Å². The van der Waals surface area contributed by atoms with E-state index in [1.807, 2.05) is 6.07 Å². The van der Waals surface area contributed by atoms with Gasteiger partial charge in [-0.05, 0) is 34.4 Å². The van der Waals surface area contributed by atoms with E-state index in [0.29, 0.717) is 5.92 Å². The molecule has 0 spiro atoms. The molecule has 100 valence electrons. The van der Waals surface area contributed by atoms with E-state index in [1.54, 1.807) is 0 Å². The van der Waals surface area contributed by atoms with E-state index in [-0.39, 0.29) is 24.0 Å². The van der Waals surface area contributed by atoms with Gasteiger partial charge in [-0.1, -0.05) is 45.9 Å². The van der Waals surface area contributed by atoms with E-state index in [4.69, 9.17) is 0 Å². The summed E-state index contributed by atoms with van der Waals surface area (Å²) in [5.74, 6) is 0.586. The summed E-state index contributed by atoms with van der Waals surface area (Å²) < 4.78 is 0. The number of benzene rings is 1. The highest BCUT2D eigenvalue weighted by Crippen LogP contribution is 2.45. The maximum atomic E-state index is 10.4. The van der Waals surface area contributed by atoms with Gasteiger partial charge >= 0.3 is 0 Å². The van der Waals surface area contributed by atoms with Gasteiger partial charge in [-0.25, -0.2) is 0 Å². The van der Waals surface area contributed by atoms with Gasteiger partial charge < -0.3 is 10.2 Å². The molecule has 2 nitrogen and oxygen atoms in total. The van der Waals surface area contributed by atoms with Crippen LogP contribution in [0, 0.1) is 5.92 Å². The summed E-state index contributed by atoms with van der Waals surface area (Å²) in [5, 5.41) is 19.7. The van der Waals surface area contributed by atoms with Crippen molar-refractivity contribution in [1.29, 1.82) is 0 Å². The zero-order valence-electron chi connectivity index (χ0n) is 11.8. The quantitative estimate of drug-likeness (QED) is 0.844. The fourth-order valence-corrected chi connectivity index (χ4v) is 3.37. The second kappa shape index (κ2) is 4.67. The Morgan fingerprint density at radius 3 is 2.56 bits per heavy atom. The zero-order chi connectivity index (χ0) is 13.5. The standard InChI is InChI=1S/C16H24O2/c1-10(2)15-12-7-11(9-17)5-6-13(12)16(3,4)8-14(15)18/h5-7,10,14-15,17-18H,8-9H2,1-4H3. The molecule has 0 saturated carbocycles. The lowest BCUT2D eigenvalue weighted by Crippen LogP contribution is -2.38. The van der Waals surface area contributed by atoms with Gasteiger partial charge in [-0.3, -0.25) is 0 Å². The van der Waals surface area contributed by atoms with Crippen molar-refractivity contribution < 1.29 is 10.2 Å². The van der Waals surface area contributed by atoms with Crippen LogP contribution in [0.25, 0.3) is 0 Å². The topological polar surface area (TPSA) is 40.5 Å². The van der Waals surface area contributed by atoms with Crippen molar-refractivity contribution >= 4 is 0 Å². The van der Waals surface area contributed by atoms with Crippen LogP contribution in [-0.4, -0.2) is 16.3 Å². The highest BCUT2D eigenvalue weighted by Gasteiger charge is 2.39. The maximum absolute atomic E-state index is 10.4. The summed E-state index contributed by atoms with van der Waals surface area (Å²) >= 11 is 0.